The molecule has 0 atom stereocenters. The third kappa shape index (κ3) is 4.78. The lowest BCUT2D eigenvalue weighted by atomic mass is 10.2. The summed E-state index contributed by atoms with van der Waals surface area (Å²) in [5.41, 5.74) is 1.03. The fourth-order valence-corrected chi connectivity index (χ4v) is 3.37. The first kappa shape index (κ1) is 16.5. The molecule has 1 amide bonds. The Labute approximate surface area is 126 Å². The van der Waals surface area contributed by atoms with Crippen molar-refractivity contribution in [3.8, 4) is 0 Å². The molecule has 0 radical (unpaired) electrons. The van der Waals surface area contributed by atoms with Crippen molar-refractivity contribution in [3.63, 3.8) is 0 Å². The van der Waals surface area contributed by atoms with Crippen molar-refractivity contribution >= 4 is 47.3 Å². The van der Waals surface area contributed by atoms with Crippen LogP contribution in [0.3, 0.4) is 0 Å². The molecule has 19 heavy (non-hydrogen) atoms. The number of hydrogen-bond donors (Lipinski definition) is 1. The summed E-state index contributed by atoms with van der Waals surface area (Å²) in [6, 6.07) is 2.98. The lowest BCUT2D eigenvalue weighted by Gasteiger charge is -2.10. The van der Waals surface area contributed by atoms with E-state index < -0.39 is 9.05 Å². The Balaban J connectivity index is 3.00. The number of amides is 1. The van der Waals surface area contributed by atoms with E-state index in [1.165, 1.54) is 6.07 Å². The summed E-state index contributed by atoms with van der Waals surface area (Å²) in [6.45, 7) is 3.64. The minimum atomic E-state index is -3.79. The predicted octanol–water partition coefficient (Wildman–Crippen LogP) is 3.81. The molecule has 0 aliphatic carbocycles. The van der Waals surface area contributed by atoms with E-state index in [2.05, 4.69) is 21.2 Å². The number of unbranched alkanes of at least 4 members (excludes halogenated alkanes) is 1. The Morgan fingerprint density at radius 2 is 2.05 bits per heavy atom. The topological polar surface area (TPSA) is 63.2 Å². The first-order valence-electron chi connectivity index (χ1n) is 5.80. The highest BCUT2D eigenvalue weighted by Gasteiger charge is 2.16. The molecule has 1 aromatic carbocycles. The second-order valence-electron chi connectivity index (χ2n) is 4.19. The molecule has 0 aromatic heterocycles. The zero-order chi connectivity index (χ0) is 14.6. The average molecular weight is 369 g/mol. The van der Waals surface area contributed by atoms with Crippen molar-refractivity contribution < 1.29 is 13.2 Å². The molecule has 0 fully saturated rings. The van der Waals surface area contributed by atoms with Crippen molar-refractivity contribution in [2.45, 2.75) is 38.0 Å². The van der Waals surface area contributed by atoms with E-state index in [9.17, 15) is 13.2 Å². The van der Waals surface area contributed by atoms with Crippen LogP contribution in [0.2, 0.25) is 0 Å². The minimum absolute atomic E-state index is 0.0348. The highest BCUT2D eigenvalue weighted by Crippen LogP contribution is 2.30. The molecule has 106 valence electrons. The summed E-state index contributed by atoms with van der Waals surface area (Å²) < 4.78 is 23.2. The van der Waals surface area contributed by atoms with Crippen LogP contribution in [0.5, 0.6) is 0 Å². The van der Waals surface area contributed by atoms with Crippen LogP contribution in [0.15, 0.2) is 21.5 Å². The molecule has 1 N–H and O–H groups in total. The van der Waals surface area contributed by atoms with Crippen molar-refractivity contribution in [2.24, 2.45) is 0 Å². The fraction of sp³-hybridized carbons (Fsp3) is 0.417. The summed E-state index contributed by atoms with van der Waals surface area (Å²) in [7, 11) is 1.54. The molecule has 0 aliphatic rings. The Morgan fingerprint density at radius 3 is 2.58 bits per heavy atom. The van der Waals surface area contributed by atoms with Gasteiger partial charge in [0.1, 0.15) is 0 Å². The van der Waals surface area contributed by atoms with Crippen molar-refractivity contribution in [3.05, 3.63) is 22.2 Å². The molecule has 0 bridgehead atoms. The minimum Gasteiger partial charge on any atom is -0.325 e. The smallest absolute Gasteiger partial charge is 0.261 e. The fourth-order valence-electron chi connectivity index (χ4n) is 1.57. The summed E-state index contributed by atoms with van der Waals surface area (Å²) in [5, 5.41) is 2.74. The number of carbonyl (C=O) groups excluding carboxylic acids is 1. The maximum atomic E-state index is 11.6. The largest absolute Gasteiger partial charge is 0.325 e. The highest BCUT2D eigenvalue weighted by molar-refractivity contribution is 9.10. The summed E-state index contributed by atoms with van der Waals surface area (Å²) >= 11 is 3.23. The van der Waals surface area contributed by atoms with E-state index in [1.807, 2.05) is 6.92 Å². The Hall–Kier alpha value is -0.590. The molecular formula is C12H15BrClNO3S. The van der Waals surface area contributed by atoms with E-state index in [0.717, 1.165) is 12.8 Å². The molecule has 1 aromatic rings. The van der Waals surface area contributed by atoms with E-state index in [-0.39, 0.29) is 10.8 Å². The van der Waals surface area contributed by atoms with Gasteiger partial charge in [-0.2, -0.15) is 0 Å². The molecule has 0 aliphatic heterocycles. The number of benzene rings is 1. The van der Waals surface area contributed by atoms with Crippen LogP contribution in [-0.2, 0) is 13.8 Å². The number of anilines is 1. The van der Waals surface area contributed by atoms with Crippen LogP contribution < -0.4 is 5.32 Å². The SMILES string of the molecule is CCCCC(=O)Nc1cc(C)c(S(=O)(=O)Cl)cc1Br. The van der Waals surface area contributed by atoms with Crippen LogP contribution in [0, 0.1) is 6.92 Å². The van der Waals surface area contributed by atoms with Gasteiger partial charge in [-0.25, -0.2) is 8.42 Å². The summed E-state index contributed by atoms with van der Waals surface area (Å²) in [5.74, 6) is -0.0940. The second-order valence-corrected chi connectivity index (χ2v) is 7.58. The van der Waals surface area contributed by atoms with Crippen LogP contribution in [0.4, 0.5) is 5.69 Å². The third-order valence-corrected chi connectivity index (χ3v) is 4.68. The monoisotopic (exact) mass is 367 g/mol. The van der Waals surface area contributed by atoms with Crippen molar-refractivity contribution in [2.75, 3.05) is 5.32 Å². The quantitative estimate of drug-likeness (QED) is 0.804. The molecule has 1 rings (SSSR count). The third-order valence-electron chi connectivity index (χ3n) is 2.56. The number of rotatable bonds is 5. The predicted molar refractivity (Wildman–Crippen MR) is 80.1 cm³/mol. The van der Waals surface area contributed by atoms with Gasteiger partial charge in [-0.1, -0.05) is 13.3 Å². The number of halogens is 2. The molecule has 7 heteroatoms. The zero-order valence-electron chi connectivity index (χ0n) is 10.7. The van der Waals surface area contributed by atoms with E-state index in [4.69, 9.17) is 10.7 Å². The summed E-state index contributed by atoms with van der Waals surface area (Å²) in [6.07, 6.45) is 2.20. The molecule has 0 heterocycles. The zero-order valence-corrected chi connectivity index (χ0v) is 13.8. The Kier molecular flexibility index (Phi) is 5.82. The average Bonchev–Trinajstić information content (AvgIpc) is 2.29. The van der Waals surface area contributed by atoms with Gasteiger partial charge >= 0.3 is 0 Å². The molecule has 4 nitrogen and oxygen atoms in total. The second kappa shape index (κ2) is 6.72. The molecule has 0 saturated carbocycles. The van der Waals surface area contributed by atoms with Crippen LogP contribution in [-0.4, -0.2) is 14.3 Å². The number of hydrogen-bond acceptors (Lipinski definition) is 3. The van der Waals surface area contributed by atoms with Crippen LogP contribution in [0.25, 0.3) is 0 Å². The maximum absolute atomic E-state index is 11.6. The lowest BCUT2D eigenvalue weighted by molar-refractivity contribution is -0.116. The first-order chi connectivity index (χ1) is 8.75. The van der Waals surface area contributed by atoms with Gasteiger partial charge in [0.05, 0.1) is 10.6 Å². The van der Waals surface area contributed by atoms with E-state index in [0.29, 0.717) is 22.1 Å². The van der Waals surface area contributed by atoms with Gasteiger partial charge in [0.15, 0.2) is 0 Å². The van der Waals surface area contributed by atoms with Crippen molar-refractivity contribution in [1.82, 2.24) is 0 Å². The van der Waals surface area contributed by atoms with Gasteiger partial charge < -0.3 is 5.32 Å². The highest BCUT2D eigenvalue weighted by atomic mass is 79.9. The number of aryl methyl sites for hydroxylation is 1. The van der Waals surface area contributed by atoms with E-state index in [1.54, 1.807) is 13.0 Å². The van der Waals surface area contributed by atoms with Gasteiger partial charge in [-0.15, -0.1) is 0 Å². The van der Waals surface area contributed by atoms with Crippen LogP contribution >= 0.6 is 26.6 Å². The summed E-state index contributed by atoms with van der Waals surface area (Å²) in [4.78, 5) is 11.7. The van der Waals surface area contributed by atoms with Crippen LogP contribution in [0.1, 0.15) is 31.7 Å². The molecule has 0 unspecified atom stereocenters. The normalized spacial score (nSPS) is 11.4. The van der Waals surface area contributed by atoms with Crippen molar-refractivity contribution in [1.29, 1.82) is 0 Å². The first-order valence-corrected chi connectivity index (χ1v) is 8.90. The van der Waals surface area contributed by atoms with Gasteiger partial charge in [0.2, 0.25) is 5.91 Å². The molecule has 0 spiro atoms. The maximum Gasteiger partial charge on any atom is 0.261 e. The van der Waals surface area contributed by atoms with Gasteiger partial charge in [0, 0.05) is 21.6 Å². The van der Waals surface area contributed by atoms with E-state index >= 15 is 0 Å². The lowest BCUT2D eigenvalue weighted by Crippen LogP contribution is -2.12. The van der Waals surface area contributed by atoms with Gasteiger partial charge in [-0.05, 0) is 47.0 Å². The Bertz CT molecular complexity index is 587. The van der Waals surface area contributed by atoms with Gasteiger partial charge in [0.25, 0.3) is 9.05 Å². The van der Waals surface area contributed by atoms with Gasteiger partial charge in [-0.3, -0.25) is 4.79 Å². The molecular weight excluding hydrogens is 354 g/mol. The standard InChI is InChI=1S/C12H15BrClNO3S/c1-3-4-5-12(16)15-10-6-8(2)11(7-9(10)13)19(14,17)18/h6-7H,3-5H2,1-2H3,(H,15,16). The molecule has 0 saturated heterocycles. The number of nitrogens with one attached hydrogen (secondary N) is 1. The number of carbonyl (C=O) groups is 1. The Morgan fingerprint density at radius 1 is 1.42 bits per heavy atom.